The van der Waals surface area contributed by atoms with Crippen molar-refractivity contribution in [1.29, 1.82) is 0 Å². The van der Waals surface area contributed by atoms with E-state index in [0.717, 1.165) is 44.9 Å². The van der Waals surface area contributed by atoms with Crippen molar-refractivity contribution in [1.82, 2.24) is 0 Å². The summed E-state index contributed by atoms with van der Waals surface area (Å²) < 4.78 is 0. The Morgan fingerprint density at radius 2 is 2.17 bits per heavy atom. The number of allylic oxidation sites excluding steroid dienone is 4. The Kier molecular flexibility index (Phi) is 4.52. The number of rotatable bonds is 2. The zero-order valence-corrected chi connectivity index (χ0v) is 14.4. The highest BCUT2D eigenvalue weighted by Crippen LogP contribution is 2.61. The van der Waals surface area contributed by atoms with E-state index >= 15 is 0 Å². The van der Waals surface area contributed by atoms with E-state index in [4.69, 9.17) is 0 Å². The summed E-state index contributed by atoms with van der Waals surface area (Å²) in [5.41, 5.74) is 0.803. The predicted molar refractivity (Wildman–Crippen MR) is 92.7 cm³/mol. The fourth-order valence-electron chi connectivity index (χ4n) is 5.39. The van der Waals surface area contributed by atoms with Crippen LogP contribution in [0.5, 0.6) is 0 Å². The summed E-state index contributed by atoms with van der Waals surface area (Å²) in [6.45, 7) is 3.89. The normalized spacial score (nSPS) is 40.0. The number of ketones is 1. The molecule has 0 spiro atoms. The molecule has 3 aliphatic rings. The Bertz CT molecular complexity index is 603. The first-order valence-corrected chi connectivity index (χ1v) is 9.04. The van der Waals surface area contributed by atoms with Crippen molar-refractivity contribution in [2.75, 3.05) is 0 Å². The molecule has 0 radical (unpaired) electrons. The van der Waals surface area contributed by atoms with Gasteiger partial charge in [0.05, 0.1) is 0 Å². The molecule has 0 aliphatic heterocycles. The van der Waals surface area contributed by atoms with E-state index in [1.807, 2.05) is 13.0 Å². The van der Waals surface area contributed by atoms with Gasteiger partial charge in [-0.2, -0.15) is 0 Å². The monoisotopic (exact) mass is 312 g/mol. The summed E-state index contributed by atoms with van der Waals surface area (Å²) in [5.74, 6) is 7.32. The Hall–Kier alpha value is -1.33. The molecule has 124 valence electrons. The van der Waals surface area contributed by atoms with Crippen LogP contribution >= 0.6 is 0 Å². The van der Waals surface area contributed by atoms with Crippen molar-refractivity contribution in [3.63, 3.8) is 0 Å². The molecule has 0 unspecified atom stereocenters. The molecule has 0 saturated heterocycles. The van der Waals surface area contributed by atoms with Gasteiger partial charge in [-0.1, -0.05) is 23.6 Å². The van der Waals surface area contributed by atoms with Gasteiger partial charge in [0.2, 0.25) is 0 Å². The van der Waals surface area contributed by atoms with Crippen molar-refractivity contribution in [2.45, 2.75) is 70.8 Å². The molecular formula is C21H28O2. The van der Waals surface area contributed by atoms with E-state index in [1.54, 1.807) is 0 Å². The number of carbonyl (C=O) groups is 1. The van der Waals surface area contributed by atoms with Gasteiger partial charge in [0.1, 0.15) is 5.60 Å². The second-order valence-corrected chi connectivity index (χ2v) is 7.63. The standard InChI is InChI=1S/C21H28O2/c1-3-5-11-21-13-12-20(23,10-4-2)15-17(21)7-6-16-14-18(22)8-9-19(16)21/h3,5,14,17,19,23H,6-9,11-13,15H2,1-2H3/t17-,19-,20-,21-/m1/s1. The fourth-order valence-corrected chi connectivity index (χ4v) is 5.39. The summed E-state index contributed by atoms with van der Waals surface area (Å²) in [6.07, 6.45) is 13.8. The maximum absolute atomic E-state index is 11.8. The molecule has 4 atom stereocenters. The van der Waals surface area contributed by atoms with Crippen LogP contribution in [-0.4, -0.2) is 16.5 Å². The molecule has 0 heterocycles. The van der Waals surface area contributed by atoms with Crippen molar-refractivity contribution in [2.24, 2.45) is 17.3 Å². The van der Waals surface area contributed by atoms with Crippen LogP contribution in [0.25, 0.3) is 0 Å². The molecule has 1 N–H and O–H groups in total. The molecule has 0 bridgehead atoms. The van der Waals surface area contributed by atoms with Crippen LogP contribution in [-0.2, 0) is 4.79 Å². The molecule has 0 aromatic rings. The molecule has 2 nitrogen and oxygen atoms in total. The van der Waals surface area contributed by atoms with Gasteiger partial charge in [0, 0.05) is 6.42 Å². The Morgan fingerprint density at radius 1 is 1.35 bits per heavy atom. The highest BCUT2D eigenvalue weighted by Gasteiger charge is 2.54. The van der Waals surface area contributed by atoms with Gasteiger partial charge >= 0.3 is 0 Å². The number of aliphatic hydroxyl groups is 1. The van der Waals surface area contributed by atoms with Gasteiger partial charge in [-0.25, -0.2) is 0 Å². The zero-order chi connectivity index (χ0) is 16.5. The molecule has 23 heavy (non-hydrogen) atoms. The quantitative estimate of drug-likeness (QED) is 0.613. The van der Waals surface area contributed by atoms with Crippen LogP contribution in [0.15, 0.2) is 23.8 Å². The Labute approximate surface area is 140 Å². The zero-order valence-electron chi connectivity index (χ0n) is 14.4. The number of fused-ring (bicyclic) bond motifs is 3. The fraction of sp³-hybridized carbons (Fsp3) is 0.667. The minimum atomic E-state index is -0.801. The maximum atomic E-state index is 11.8. The molecular weight excluding hydrogens is 284 g/mol. The first-order chi connectivity index (χ1) is 11.0. The van der Waals surface area contributed by atoms with Crippen LogP contribution in [0.4, 0.5) is 0 Å². The number of hydrogen-bond donors (Lipinski definition) is 1. The van der Waals surface area contributed by atoms with Gasteiger partial charge in [-0.15, -0.1) is 5.92 Å². The van der Waals surface area contributed by atoms with Crippen molar-refractivity contribution in [3.8, 4) is 11.8 Å². The van der Waals surface area contributed by atoms with E-state index in [2.05, 4.69) is 30.9 Å². The molecule has 2 fully saturated rings. The van der Waals surface area contributed by atoms with Gasteiger partial charge in [-0.05, 0) is 82.1 Å². The summed E-state index contributed by atoms with van der Waals surface area (Å²) in [4.78, 5) is 11.8. The highest BCUT2D eigenvalue weighted by molar-refractivity contribution is 5.91. The van der Waals surface area contributed by atoms with E-state index < -0.39 is 5.60 Å². The Balaban J connectivity index is 1.95. The molecule has 0 aromatic carbocycles. The largest absolute Gasteiger partial charge is 0.378 e. The first kappa shape index (κ1) is 16.5. The summed E-state index contributed by atoms with van der Waals surface area (Å²) in [6, 6.07) is 0. The lowest BCUT2D eigenvalue weighted by Gasteiger charge is -2.56. The smallest absolute Gasteiger partial charge is 0.155 e. The lowest BCUT2D eigenvalue weighted by Crippen LogP contribution is -2.51. The second kappa shape index (κ2) is 6.29. The Morgan fingerprint density at radius 3 is 2.91 bits per heavy atom. The third-order valence-electron chi connectivity index (χ3n) is 6.44. The molecule has 2 saturated carbocycles. The van der Waals surface area contributed by atoms with Crippen LogP contribution in [0.3, 0.4) is 0 Å². The molecule has 0 amide bonds. The molecule has 3 aliphatic carbocycles. The lowest BCUT2D eigenvalue weighted by atomic mass is 9.48. The summed E-state index contributed by atoms with van der Waals surface area (Å²) >= 11 is 0. The van der Waals surface area contributed by atoms with Gasteiger partial charge in [0.15, 0.2) is 5.78 Å². The minimum Gasteiger partial charge on any atom is -0.378 e. The predicted octanol–water partition coefficient (Wildman–Crippen LogP) is 4.19. The number of carbonyl (C=O) groups excluding carboxylic acids is 1. The van der Waals surface area contributed by atoms with Crippen LogP contribution in [0.2, 0.25) is 0 Å². The first-order valence-electron chi connectivity index (χ1n) is 9.04. The van der Waals surface area contributed by atoms with E-state index in [-0.39, 0.29) is 5.41 Å². The van der Waals surface area contributed by atoms with Crippen LogP contribution in [0.1, 0.15) is 65.2 Å². The van der Waals surface area contributed by atoms with E-state index in [1.165, 1.54) is 5.57 Å². The third-order valence-corrected chi connectivity index (χ3v) is 6.44. The SMILES string of the molecule is CC#C[C@@]1(O)CC[C@]2(CC=CC)[C@H](CCC3=CC(=O)CC[C@H]32)C1. The number of hydrogen-bond acceptors (Lipinski definition) is 2. The summed E-state index contributed by atoms with van der Waals surface area (Å²) in [7, 11) is 0. The van der Waals surface area contributed by atoms with E-state index in [0.29, 0.717) is 24.0 Å². The average molecular weight is 312 g/mol. The highest BCUT2D eigenvalue weighted by atomic mass is 16.3. The summed E-state index contributed by atoms with van der Waals surface area (Å²) in [5, 5.41) is 10.8. The maximum Gasteiger partial charge on any atom is 0.155 e. The van der Waals surface area contributed by atoms with Gasteiger partial charge < -0.3 is 5.11 Å². The third kappa shape index (κ3) is 2.92. The van der Waals surface area contributed by atoms with Crippen molar-refractivity contribution in [3.05, 3.63) is 23.8 Å². The van der Waals surface area contributed by atoms with Crippen molar-refractivity contribution < 1.29 is 9.90 Å². The topological polar surface area (TPSA) is 37.3 Å². The van der Waals surface area contributed by atoms with Gasteiger partial charge in [0.25, 0.3) is 0 Å². The van der Waals surface area contributed by atoms with E-state index in [9.17, 15) is 9.90 Å². The lowest BCUT2D eigenvalue weighted by molar-refractivity contribution is -0.117. The van der Waals surface area contributed by atoms with Crippen LogP contribution in [0, 0.1) is 29.1 Å². The second-order valence-electron chi connectivity index (χ2n) is 7.63. The molecule has 0 aromatic heterocycles. The molecule has 2 heteroatoms. The van der Waals surface area contributed by atoms with Crippen molar-refractivity contribution >= 4 is 5.78 Å². The average Bonchev–Trinajstić information content (AvgIpc) is 2.53. The molecule has 3 rings (SSSR count). The van der Waals surface area contributed by atoms with Crippen LogP contribution < -0.4 is 0 Å². The minimum absolute atomic E-state index is 0.221. The van der Waals surface area contributed by atoms with Gasteiger partial charge in [-0.3, -0.25) is 4.79 Å².